The van der Waals surface area contributed by atoms with Gasteiger partial charge in [0.1, 0.15) is 5.82 Å². The number of aromatic nitrogens is 2. The maximum Gasteiger partial charge on any atom is 0.410 e. The molecular formula is C12H12F3N3S. The fraction of sp³-hybridized carbons (Fsp3) is 0.417. The van der Waals surface area contributed by atoms with Gasteiger partial charge >= 0.3 is 6.18 Å². The van der Waals surface area contributed by atoms with Crippen molar-refractivity contribution in [3.05, 3.63) is 34.2 Å². The monoisotopic (exact) mass is 287 g/mol. The molecule has 3 nitrogen and oxygen atoms in total. The average molecular weight is 287 g/mol. The standard InChI is InChI=1S/C12H12F3N3S/c1-7-5-11-16-8(9-3-2-4-19-9)6-10(12(13,14)15)18(11)17-7/h2-5,8,10,16H,6H2,1H3/t8-,10+/m1/s1. The summed E-state index contributed by atoms with van der Waals surface area (Å²) >= 11 is 1.46. The summed E-state index contributed by atoms with van der Waals surface area (Å²) < 4.78 is 40.5. The van der Waals surface area contributed by atoms with Gasteiger partial charge in [0.2, 0.25) is 0 Å². The summed E-state index contributed by atoms with van der Waals surface area (Å²) in [6.07, 6.45) is -4.32. The number of nitrogens with one attached hydrogen (secondary N) is 1. The van der Waals surface area contributed by atoms with Crippen LogP contribution in [0.3, 0.4) is 0 Å². The summed E-state index contributed by atoms with van der Waals surface area (Å²) in [6.45, 7) is 1.70. The highest BCUT2D eigenvalue weighted by Crippen LogP contribution is 2.44. The minimum atomic E-state index is -4.29. The van der Waals surface area contributed by atoms with Crippen LogP contribution >= 0.6 is 11.3 Å². The third kappa shape index (κ3) is 2.22. The SMILES string of the molecule is Cc1cc2n(n1)[C@H](C(F)(F)F)C[C@H](c1cccs1)N2. The van der Waals surface area contributed by atoms with E-state index in [1.54, 1.807) is 13.0 Å². The van der Waals surface area contributed by atoms with E-state index in [1.807, 2.05) is 17.5 Å². The van der Waals surface area contributed by atoms with Crippen molar-refractivity contribution in [2.45, 2.75) is 31.6 Å². The maximum atomic E-state index is 13.2. The van der Waals surface area contributed by atoms with Crippen molar-refractivity contribution in [3.8, 4) is 0 Å². The van der Waals surface area contributed by atoms with Crippen LogP contribution in [0.4, 0.5) is 19.0 Å². The molecule has 0 saturated carbocycles. The first-order valence-electron chi connectivity index (χ1n) is 5.88. The molecule has 102 valence electrons. The molecule has 3 rings (SSSR count). The molecule has 0 radical (unpaired) electrons. The summed E-state index contributed by atoms with van der Waals surface area (Å²) in [5.41, 5.74) is 0.587. The first kappa shape index (κ1) is 12.5. The second-order valence-corrected chi connectivity index (χ2v) is 5.60. The molecule has 0 aliphatic carbocycles. The zero-order valence-electron chi connectivity index (χ0n) is 10.1. The summed E-state index contributed by atoms with van der Waals surface area (Å²) in [5.74, 6) is 0.435. The highest BCUT2D eigenvalue weighted by atomic mass is 32.1. The zero-order chi connectivity index (χ0) is 13.6. The quantitative estimate of drug-likeness (QED) is 0.861. The van der Waals surface area contributed by atoms with Gasteiger partial charge in [0.25, 0.3) is 0 Å². The van der Waals surface area contributed by atoms with E-state index in [0.717, 1.165) is 9.56 Å². The number of fused-ring (bicyclic) bond motifs is 1. The Hall–Kier alpha value is -1.50. The Labute approximate surface area is 112 Å². The molecule has 19 heavy (non-hydrogen) atoms. The second kappa shape index (κ2) is 4.26. The Balaban J connectivity index is 2.01. The lowest BCUT2D eigenvalue weighted by molar-refractivity contribution is -0.173. The highest BCUT2D eigenvalue weighted by molar-refractivity contribution is 7.10. The number of halogens is 3. The third-order valence-corrected chi connectivity index (χ3v) is 4.18. The topological polar surface area (TPSA) is 29.9 Å². The van der Waals surface area contributed by atoms with Crippen LogP contribution < -0.4 is 5.32 Å². The first-order chi connectivity index (χ1) is 8.95. The molecule has 0 saturated heterocycles. The van der Waals surface area contributed by atoms with Gasteiger partial charge in [-0.1, -0.05) is 6.07 Å². The van der Waals surface area contributed by atoms with Gasteiger partial charge in [-0.2, -0.15) is 18.3 Å². The highest BCUT2D eigenvalue weighted by Gasteiger charge is 2.46. The van der Waals surface area contributed by atoms with Crippen LogP contribution in [-0.2, 0) is 0 Å². The van der Waals surface area contributed by atoms with Crippen molar-refractivity contribution in [3.63, 3.8) is 0 Å². The number of nitrogens with zero attached hydrogens (tertiary/aromatic N) is 2. The van der Waals surface area contributed by atoms with Crippen LogP contribution in [0.2, 0.25) is 0 Å². The number of hydrogen-bond acceptors (Lipinski definition) is 3. The number of anilines is 1. The van der Waals surface area contributed by atoms with Crippen LogP contribution in [0.1, 0.15) is 29.1 Å². The number of alkyl halides is 3. The van der Waals surface area contributed by atoms with E-state index in [-0.39, 0.29) is 12.5 Å². The van der Waals surface area contributed by atoms with Gasteiger partial charge in [-0.05, 0) is 18.4 Å². The average Bonchev–Trinajstić information content (AvgIpc) is 2.92. The maximum absolute atomic E-state index is 13.2. The van der Waals surface area contributed by atoms with E-state index in [4.69, 9.17) is 0 Å². The van der Waals surface area contributed by atoms with E-state index in [2.05, 4.69) is 10.4 Å². The third-order valence-electron chi connectivity index (χ3n) is 3.20. The lowest BCUT2D eigenvalue weighted by atomic mass is 10.0. The molecule has 2 aromatic heterocycles. The molecule has 0 spiro atoms. The lowest BCUT2D eigenvalue weighted by Gasteiger charge is -2.32. The summed E-state index contributed by atoms with van der Waals surface area (Å²) in [5, 5.41) is 8.96. The molecule has 1 N–H and O–H groups in total. The second-order valence-electron chi connectivity index (χ2n) is 4.62. The van der Waals surface area contributed by atoms with E-state index < -0.39 is 12.2 Å². The molecule has 0 bridgehead atoms. The van der Waals surface area contributed by atoms with Crippen LogP contribution in [-0.4, -0.2) is 16.0 Å². The van der Waals surface area contributed by atoms with E-state index in [9.17, 15) is 13.2 Å². The number of rotatable bonds is 1. The molecule has 2 aromatic rings. The first-order valence-corrected chi connectivity index (χ1v) is 6.76. The van der Waals surface area contributed by atoms with E-state index in [0.29, 0.717) is 11.5 Å². The van der Waals surface area contributed by atoms with Gasteiger partial charge < -0.3 is 5.32 Å². The minimum absolute atomic E-state index is 0.0296. The lowest BCUT2D eigenvalue weighted by Crippen LogP contribution is -2.35. The van der Waals surface area contributed by atoms with Crippen LogP contribution in [0, 0.1) is 6.92 Å². The number of hydrogen-bond donors (Lipinski definition) is 1. The fourth-order valence-electron chi connectivity index (χ4n) is 2.37. The molecule has 2 atom stereocenters. The Kier molecular flexibility index (Phi) is 2.81. The van der Waals surface area contributed by atoms with Gasteiger partial charge in [-0.3, -0.25) is 0 Å². The summed E-state index contributed by atoms with van der Waals surface area (Å²) in [7, 11) is 0. The predicted molar refractivity (Wildman–Crippen MR) is 67.4 cm³/mol. The predicted octanol–water partition coefficient (Wildman–Crippen LogP) is 3.91. The largest absolute Gasteiger partial charge is 0.410 e. The number of aryl methyl sites for hydroxylation is 1. The Morgan fingerprint density at radius 3 is 2.89 bits per heavy atom. The molecule has 1 aliphatic heterocycles. The van der Waals surface area contributed by atoms with Crippen LogP contribution in [0.15, 0.2) is 23.6 Å². The molecular weight excluding hydrogens is 275 g/mol. The molecule has 3 heterocycles. The van der Waals surface area contributed by atoms with Gasteiger partial charge in [-0.25, -0.2) is 4.68 Å². The summed E-state index contributed by atoms with van der Waals surface area (Å²) in [4.78, 5) is 0.916. The molecule has 0 unspecified atom stereocenters. The Morgan fingerprint density at radius 2 is 2.26 bits per heavy atom. The summed E-state index contributed by atoms with van der Waals surface area (Å²) in [6, 6.07) is 3.48. The minimum Gasteiger partial charge on any atom is -0.363 e. The molecule has 0 amide bonds. The molecule has 0 fully saturated rings. The Bertz CT molecular complexity index is 574. The van der Waals surface area contributed by atoms with Gasteiger partial charge in [0.05, 0.1) is 11.7 Å². The Morgan fingerprint density at radius 1 is 1.47 bits per heavy atom. The molecule has 0 aromatic carbocycles. The molecule has 1 aliphatic rings. The number of thiophene rings is 1. The zero-order valence-corrected chi connectivity index (χ0v) is 10.9. The van der Waals surface area contributed by atoms with Gasteiger partial charge in [0, 0.05) is 17.4 Å². The van der Waals surface area contributed by atoms with E-state index in [1.165, 1.54) is 11.3 Å². The van der Waals surface area contributed by atoms with Crippen molar-refractivity contribution in [2.24, 2.45) is 0 Å². The van der Waals surface area contributed by atoms with Crippen molar-refractivity contribution >= 4 is 17.2 Å². The van der Waals surface area contributed by atoms with E-state index >= 15 is 0 Å². The van der Waals surface area contributed by atoms with Gasteiger partial charge in [0.15, 0.2) is 6.04 Å². The van der Waals surface area contributed by atoms with Crippen LogP contribution in [0.5, 0.6) is 0 Å². The normalized spacial score (nSPS) is 22.9. The van der Waals surface area contributed by atoms with Crippen molar-refractivity contribution in [2.75, 3.05) is 5.32 Å². The fourth-order valence-corrected chi connectivity index (χ4v) is 3.16. The van der Waals surface area contributed by atoms with Crippen molar-refractivity contribution in [1.29, 1.82) is 0 Å². The van der Waals surface area contributed by atoms with Crippen molar-refractivity contribution in [1.82, 2.24) is 9.78 Å². The smallest absolute Gasteiger partial charge is 0.363 e. The van der Waals surface area contributed by atoms with Gasteiger partial charge in [-0.15, -0.1) is 11.3 Å². The van der Waals surface area contributed by atoms with Crippen LogP contribution in [0.25, 0.3) is 0 Å². The molecule has 7 heteroatoms. The van der Waals surface area contributed by atoms with Crippen molar-refractivity contribution < 1.29 is 13.2 Å².